The zero-order chi connectivity index (χ0) is 13.4. The van der Waals surface area contributed by atoms with E-state index in [0.717, 1.165) is 44.5 Å². The molecule has 1 fully saturated rings. The van der Waals surface area contributed by atoms with Crippen LogP contribution in [0.3, 0.4) is 0 Å². The van der Waals surface area contributed by atoms with E-state index in [-0.39, 0.29) is 5.78 Å². The molecule has 0 spiro atoms. The first-order chi connectivity index (χ1) is 9.20. The summed E-state index contributed by atoms with van der Waals surface area (Å²) in [7, 11) is 2.12. The minimum Gasteiger partial charge on any atom is -0.306 e. The molecule has 0 unspecified atom stereocenters. The molecule has 1 aromatic rings. The molecule has 0 saturated carbocycles. The van der Waals surface area contributed by atoms with Crippen molar-refractivity contribution >= 4 is 5.78 Å². The Labute approximate surface area is 112 Å². The Morgan fingerprint density at radius 2 is 2.05 bits per heavy atom. The van der Waals surface area contributed by atoms with Gasteiger partial charge in [0.2, 0.25) is 0 Å². The molecule has 1 aliphatic carbocycles. The van der Waals surface area contributed by atoms with Gasteiger partial charge in [-0.1, -0.05) is 0 Å². The average molecular weight is 258 g/mol. The average Bonchev–Trinajstić information content (AvgIpc) is 2.80. The zero-order valence-corrected chi connectivity index (χ0v) is 11.2. The number of carbonyl (C=O) groups excluding carboxylic acids is 1. The minimum atomic E-state index is 0.0944. The molecule has 0 amide bonds. The smallest absolute Gasteiger partial charge is 0.173 e. The van der Waals surface area contributed by atoms with Crippen molar-refractivity contribution in [2.24, 2.45) is 0 Å². The summed E-state index contributed by atoms with van der Waals surface area (Å²) in [6.07, 6.45) is 4.41. The number of fused-ring (bicyclic) bond motifs is 1. The molecule has 5 heteroatoms. The summed E-state index contributed by atoms with van der Waals surface area (Å²) in [6.45, 7) is 2.10. The van der Waals surface area contributed by atoms with Crippen molar-refractivity contribution in [1.82, 2.24) is 14.7 Å². The summed E-state index contributed by atoms with van der Waals surface area (Å²) in [5.41, 5.74) is 1.94. The third-order valence-electron chi connectivity index (χ3n) is 4.25. The molecule has 0 atom stereocenters. The van der Waals surface area contributed by atoms with Crippen molar-refractivity contribution < 1.29 is 4.79 Å². The number of hydrogen-bond acceptors (Lipinski definition) is 4. The number of Topliss-reactive ketones (excluding diaryl/α,β-unsaturated/α-hetero) is 1. The summed E-state index contributed by atoms with van der Waals surface area (Å²) in [5, 5.41) is 13.6. The molecule has 5 nitrogen and oxygen atoms in total. The van der Waals surface area contributed by atoms with E-state index in [1.165, 1.54) is 0 Å². The van der Waals surface area contributed by atoms with E-state index in [0.29, 0.717) is 23.7 Å². The molecule has 19 heavy (non-hydrogen) atoms. The van der Waals surface area contributed by atoms with Crippen LogP contribution in [0.25, 0.3) is 0 Å². The first-order valence-electron chi connectivity index (χ1n) is 6.94. The Morgan fingerprint density at radius 1 is 1.32 bits per heavy atom. The molecule has 0 aromatic carbocycles. The highest BCUT2D eigenvalue weighted by molar-refractivity contribution is 5.99. The highest BCUT2D eigenvalue weighted by Gasteiger charge is 2.30. The molecule has 3 rings (SSSR count). The van der Waals surface area contributed by atoms with E-state index >= 15 is 0 Å². The monoisotopic (exact) mass is 258 g/mol. The SMILES string of the molecule is CN1CCC(n2nc(C#N)c3c2CCCC3=O)CC1. The van der Waals surface area contributed by atoms with Gasteiger partial charge in [-0.3, -0.25) is 9.48 Å². The Kier molecular flexibility index (Phi) is 3.11. The van der Waals surface area contributed by atoms with Crippen molar-refractivity contribution in [2.45, 2.75) is 38.1 Å². The summed E-state index contributed by atoms with van der Waals surface area (Å²) in [4.78, 5) is 14.3. The molecule has 2 aliphatic rings. The fraction of sp³-hybridized carbons (Fsp3) is 0.643. The molecular formula is C14H18N4O. The summed E-state index contributed by atoms with van der Waals surface area (Å²) >= 11 is 0. The standard InChI is InChI=1S/C14H18N4O/c1-17-7-5-10(6-8-17)18-12-3-2-4-13(19)14(12)11(9-15)16-18/h10H,2-8H2,1H3. The Hall–Kier alpha value is -1.67. The van der Waals surface area contributed by atoms with Gasteiger partial charge in [0, 0.05) is 6.42 Å². The van der Waals surface area contributed by atoms with Crippen LogP contribution in [0.2, 0.25) is 0 Å². The van der Waals surface area contributed by atoms with E-state index in [4.69, 9.17) is 0 Å². The van der Waals surface area contributed by atoms with Gasteiger partial charge in [0.25, 0.3) is 0 Å². The Morgan fingerprint density at radius 3 is 2.74 bits per heavy atom. The summed E-state index contributed by atoms with van der Waals surface area (Å²) in [6, 6.07) is 2.44. The van der Waals surface area contributed by atoms with E-state index in [2.05, 4.69) is 23.1 Å². The van der Waals surface area contributed by atoms with Gasteiger partial charge in [0.15, 0.2) is 11.5 Å². The maximum Gasteiger partial charge on any atom is 0.173 e. The second kappa shape index (κ2) is 4.78. The van der Waals surface area contributed by atoms with Crippen LogP contribution in [0.1, 0.15) is 53.5 Å². The molecule has 1 saturated heterocycles. The van der Waals surface area contributed by atoms with E-state index < -0.39 is 0 Å². The van der Waals surface area contributed by atoms with Gasteiger partial charge in [-0.15, -0.1) is 0 Å². The maximum atomic E-state index is 12.0. The van der Waals surface area contributed by atoms with Crippen LogP contribution in [0.15, 0.2) is 0 Å². The number of nitriles is 1. The number of carbonyl (C=O) groups is 1. The predicted molar refractivity (Wildman–Crippen MR) is 70.0 cm³/mol. The number of piperidine rings is 1. The first kappa shape index (κ1) is 12.4. The molecule has 2 heterocycles. The molecule has 0 N–H and O–H groups in total. The van der Waals surface area contributed by atoms with Crippen LogP contribution in [0.5, 0.6) is 0 Å². The van der Waals surface area contributed by atoms with Crippen LogP contribution in [0.4, 0.5) is 0 Å². The lowest BCUT2D eigenvalue weighted by Crippen LogP contribution is -2.32. The summed E-state index contributed by atoms with van der Waals surface area (Å²) in [5.74, 6) is 0.0944. The van der Waals surface area contributed by atoms with Crippen molar-refractivity contribution in [1.29, 1.82) is 5.26 Å². The second-order valence-corrected chi connectivity index (χ2v) is 5.54. The van der Waals surface area contributed by atoms with Crippen molar-refractivity contribution in [3.63, 3.8) is 0 Å². The van der Waals surface area contributed by atoms with Crippen LogP contribution in [0, 0.1) is 11.3 Å². The second-order valence-electron chi connectivity index (χ2n) is 5.54. The van der Waals surface area contributed by atoms with Crippen molar-refractivity contribution in [3.05, 3.63) is 17.0 Å². The lowest BCUT2D eigenvalue weighted by Gasteiger charge is -2.30. The molecule has 0 radical (unpaired) electrons. The zero-order valence-electron chi connectivity index (χ0n) is 11.2. The highest BCUT2D eigenvalue weighted by Crippen LogP contribution is 2.30. The van der Waals surface area contributed by atoms with Gasteiger partial charge in [-0.2, -0.15) is 10.4 Å². The van der Waals surface area contributed by atoms with Crippen molar-refractivity contribution in [3.8, 4) is 6.07 Å². The number of rotatable bonds is 1. The lowest BCUT2D eigenvalue weighted by molar-refractivity contribution is 0.0970. The topological polar surface area (TPSA) is 61.9 Å². The summed E-state index contributed by atoms with van der Waals surface area (Å²) < 4.78 is 1.98. The number of likely N-dealkylation sites (tertiary alicyclic amines) is 1. The van der Waals surface area contributed by atoms with Crippen LogP contribution >= 0.6 is 0 Å². The fourth-order valence-electron chi connectivity index (χ4n) is 3.16. The lowest BCUT2D eigenvalue weighted by atomic mass is 9.94. The number of hydrogen-bond donors (Lipinski definition) is 0. The molecular weight excluding hydrogens is 240 g/mol. The van der Waals surface area contributed by atoms with Gasteiger partial charge in [-0.05, 0) is 45.8 Å². The third kappa shape index (κ3) is 2.06. The highest BCUT2D eigenvalue weighted by atomic mass is 16.1. The van der Waals surface area contributed by atoms with E-state index in [1.807, 2.05) is 4.68 Å². The predicted octanol–water partition coefficient (Wildman–Crippen LogP) is 1.54. The Balaban J connectivity index is 1.99. The number of aromatic nitrogens is 2. The maximum absolute atomic E-state index is 12.0. The van der Waals surface area contributed by atoms with Gasteiger partial charge in [0.05, 0.1) is 17.3 Å². The largest absolute Gasteiger partial charge is 0.306 e. The first-order valence-corrected chi connectivity index (χ1v) is 6.94. The van der Waals surface area contributed by atoms with Gasteiger partial charge >= 0.3 is 0 Å². The van der Waals surface area contributed by atoms with E-state index in [9.17, 15) is 10.1 Å². The molecule has 1 aliphatic heterocycles. The quantitative estimate of drug-likeness (QED) is 0.766. The van der Waals surface area contributed by atoms with Gasteiger partial charge < -0.3 is 4.90 Å². The number of ketones is 1. The van der Waals surface area contributed by atoms with Crippen LogP contribution < -0.4 is 0 Å². The fourth-order valence-corrected chi connectivity index (χ4v) is 3.16. The van der Waals surface area contributed by atoms with Crippen LogP contribution in [-0.4, -0.2) is 40.6 Å². The Bertz CT molecular complexity index is 547. The normalized spacial score (nSPS) is 21.2. The van der Waals surface area contributed by atoms with E-state index in [1.54, 1.807) is 0 Å². The van der Waals surface area contributed by atoms with Crippen molar-refractivity contribution in [2.75, 3.05) is 20.1 Å². The number of nitrogens with zero attached hydrogens (tertiary/aromatic N) is 4. The molecule has 1 aromatic heterocycles. The van der Waals surface area contributed by atoms with Crippen LogP contribution in [-0.2, 0) is 6.42 Å². The van der Waals surface area contributed by atoms with Gasteiger partial charge in [-0.25, -0.2) is 0 Å². The molecule has 0 bridgehead atoms. The van der Waals surface area contributed by atoms with Gasteiger partial charge in [0.1, 0.15) is 6.07 Å². The third-order valence-corrected chi connectivity index (χ3v) is 4.25. The minimum absolute atomic E-state index is 0.0944. The molecule has 100 valence electrons.